The van der Waals surface area contributed by atoms with E-state index in [4.69, 9.17) is 10.2 Å². The molecule has 4 heteroatoms. The van der Waals surface area contributed by atoms with Crippen molar-refractivity contribution < 1.29 is 8.81 Å². The number of benzene rings is 1. The van der Waals surface area contributed by atoms with Gasteiger partial charge in [-0.05, 0) is 50.2 Å². The van der Waals surface area contributed by atoms with Gasteiger partial charge in [0.1, 0.15) is 17.3 Å². The summed E-state index contributed by atoms with van der Waals surface area (Å²) >= 11 is 0. The van der Waals surface area contributed by atoms with Crippen molar-refractivity contribution >= 4 is 5.69 Å². The fourth-order valence-electron chi connectivity index (χ4n) is 2.24. The van der Waals surface area contributed by atoms with Crippen LogP contribution < -0.4 is 10.6 Å². The third kappa shape index (κ3) is 2.96. The van der Waals surface area contributed by atoms with E-state index >= 15 is 0 Å². The number of hydrogen-bond acceptors (Lipinski definition) is 3. The molecule has 0 saturated heterocycles. The van der Waals surface area contributed by atoms with Crippen molar-refractivity contribution in [3.63, 3.8) is 0 Å². The van der Waals surface area contributed by atoms with E-state index in [2.05, 4.69) is 4.90 Å². The molecule has 0 fully saturated rings. The molecule has 102 valence electrons. The maximum absolute atomic E-state index is 13.0. The molecule has 0 aliphatic heterocycles. The SMILES string of the molecule is CCN(c1ccc(F)cc1)C(CN)c1ccc(C)o1. The van der Waals surface area contributed by atoms with Crippen LogP contribution in [0.25, 0.3) is 0 Å². The highest BCUT2D eigenvalue weighted by Gasteiger charge is 2.21. The fourth-order valence-corrected chi connectivity index (χ4v) is 2.24. The van der Waals surface area contributed by atoms with E-state index < -0.39 is 0 Å². The summed E-state index contributed by atoms with van der Waals surface area (Å²) in [5.74, 6) is 1.47. The molecule has 2 rings (SSSR count). The Morgan fingerprint density at radius 2 is 1.89 bits per heavy atom. The molecule has 0 saturated carbocycles. The summed E-state index contributed by atoms with van der Waals surface area (Å²) in [4.78, 5) is 2.11. The first-order valence-electron chi connectivity index (χ1n) is 6.44. The molecule has 0 amide bonds. The number of aryl methyl sites for hydroxylation is 1. The van der Waals surface area contributed by atoms with Gasteiger partial charge in [-0.1, -0.05) is 0 Å². The summed E-state index contributed by atoms with van der Waals surface area (Å²) in [6.07, 6.45) is 0. The summed E-state index contributed by atoms with van der Waals surface area (Å²) < 4.78 is 18.7. The second-order valence-electron chi connectivity index (χ2n) is 4.46. The van der Waals surface area contributed by atoms with Crippen LogP contribution in [0.4, 0.5) is 10.1 Å². The van der Waals surface area contributed by atoms with E-state index in [-0.39, 0.29) is 11.9 Å². The largest absolute Gasteiger partial charge is 0.464 e. The maximum atomic E-state index is 13.0. The number of anilines is 1. The average molecular weight is 262 g/mol. The first-order chi connectivity index (χ1) is 9.15. The summed E-state index contributed by atoms with van der Waals surface area (Å²) in [7, 11) is 0. The number of rotatable bonds is 5. The van der Waals surface area contributed by atoms with Crippen molar-refractivity contribution in [2.75, 3.05) is 18.0 Å². The molecule has 0 bridgehead atoms. The van der Waals surface area contributed by atoms with Crippen LogP contribution in [0.1, 0.15) is 24.5 Å². The highest BCUT2D eigenvalue weighted by Crippen LogP contribution is 2.27. The molecule has 1 atom stereocenters. The van der Waals surface area contributed by atoms with Gasteiger partial charge in [0.2, 0.25) is 0 Å². The van der Waals surface area contributed by atoms with Crippen molar-refractivity contribution in [1.82, 2.24) is 0 Å². The minimum absolute atomic E-state index is 0.0378. The van der Waals surface area contributed by atoms with E-state index in [0.29, 0.717) is 6.54 Å². The number of nitrogens with two attached hydrogens (primary N) is 1. The fraction of sp³-hybridized carbons (Fsp3) is 0.333. The van der Waals surface area contributed by atoms with Gasteiger partial charge in [-0.2, -0.15) is 0 Å². The predicted molar refractivity (Wildman–Crippen MR) is 74.7 cm³/mol. The Balaban J connectivity index is 2.31. The van der Waals surface area contributed by atoms with Crippen molar-refractivity contribution in [3.8, 4) is 0 Å². The second kappa shape index (κ2) is 5.89. The van der Waals surface area contributed by atoms with Gasteiger partial charge in [0.25, 0.3) is 0 Å². The van der Waals surface area contributed by atoms with Crippen LogP contribution in [0.2, 0.25) is 0 Å². The zero-order valence-corrected chi connectivity index (χ0v) is 11.3. The zero-order valence-electron chi connectivity index (χ0n) is 11.3. The van der Waals surface area contributed by atoms with Gasteiger partial charge in [-0.15, -0.1) is 0 Å². The number of likely N-dealkylation sites (N-methyl/N-ethyl adjacent to an activating group) is 1. The molecule has 0 aliphatic carbocycles. The summed E-state index contributed by atoms with van der Waals surface area (Å²) in [6.45, 7) is 5.17. The van der Waals surface area contributed by atoms with Crippen LogP contribution in [0, 0.1) is 12.7 Å². The number of furan rings is 1. The number of halogens is 1. The second-order valence-corrected chi connectivity index (χ2v) is 4.46. The van der Waals surface area contributed by atoms with Gasteiger partial charge in [-0.25, -0.2) is 4.39 Å². The lowest BCUT2D eigenvalue weighted by atomic mass is 10.1. The van der Waals surface area contributed by atoms with E-state index in [1.54, 1.807) is 12.1 Å². The summed E-state index contributed by atoms with van der Waals surface area (Å²) in [5, 5.41) is 0. The third-order valence-corrected chi connectivity index (χ3v) is 3.19. The highest BCUT2D eigenvalue weighted by molar-refractivity contribution is 5.48. The molecule has 1 unspecified atom stereocenters. The lowest BCUT2D eigenvalue weighted by Gasteiger charge is -2.30. The van der Waals surface area contributed by atoms with Crippen LogP contribution >= 0.6 is 0 Å². The molecule has 0 spiro atoms. The Hall–Kier alpha value is -1.81. The topological polar surface area (TPSA) is 42.4 Å². The number of hydrogen-bond donors (Lipinski definition) is 1. The standard InChI is InChI=1S/C15H19FN2O/c1-3-18(13-7-5-12(16)6-8-13)14(10-17)15-9-4-11(2)19-15/h4-9,14H,3,10,17H2,1-2H3. The van der Waals surface area contributed by atoms with Gasteiger partial charge in [0, 0.05) is 18.8 Å². The van der Waals surface area contributed by atoms with Gasteiger partial charge < -0.3 is 15.1 Å². The zero-order chi connectivity index (χ0) is 13.8. The minimum Gasteiger partial charge on any atom is -0.464 e. The number of nitrogens with zero attached hydrogens (tertiary/aromatic N) is 1. The third-order valence-electron chi connectivity index (χ3n) is 3.19. The Labute approximate surface area is 112 Å². The Bertz CT molecular complexity index is 521. The first-order valence-corrected chi connectivity index (χ1v) is 6.44. The van der Waals surface area contributed by atoms with Crippen molar-refractivity contribution in [2.45, 2.75) is 19.9 Å². The van der Waals surface area contributed by atoms with E-state index in [9.17, 15) is 4.39 Å². The predicted octanol–water partition coefficient (Wildman–Crippen LogP) is 3.25. The minimum atomic E-state index is -0.238. The molecular formula is C15H19FN2O. The van der Waals surface area contributed by atoms with Crippen LogP contribution in [-0.2, 0) is 0 Å². The van der Waals surface area contributed by atoms with E-state index in [0.717, 1.165) is 23.8 Å². The van der Waals surface area contributed by atoms with Crippen LogP contribution in [0.3, 0.4) is 0 Å². The molecule has 2 aromatic rings. The van der Waals surface area contributed by atoms with Crippen LogP contribution in [-0.4, -0.2) is 13.1 Å². The molecule has 1 aromatic heterocycles. The Morgan fingerprint density at radius 1 is 1.21 bits per heavy atom. The Kier molecular flexibility index (Phi) is 4.22. The van der Waals surface area contributed by atoms with E-state index in [1.807, 2.05) is 26.0 Å². The molecule has 1 aromatic carbocycles. The molecule has 2 N–H and O–H groups in total. The van der Waals surface area contributed by atoms with Gasteiger partial charge in [-0.3, -0.25) is 0 Å². The monoisotopic (exact) mass is 262 g/mol. The molecular weight excluding hydrogens is 243 g/mol. The molecule has 1 heterocycles. The maximum Gasteiger partial charge on any atom is 0.127 e. The lowest BCUT2D eigenvalue weighted by Crippen LogP contribution is -2.33. The van der Waals surface area contributed by atoms with E-state index in [1.165, 1.54) is 12.1 Å². The van der Waals surface area contributed by atoms with Crippen LogP contribution in [0.15, 0.2) is 40.8 Å². The normalized spacial score (nSPS) is 12.4. The van der Waals surface area contributed by atoms with Crippen LogP contribution in [0.5, 0.6) is 0 Å². The smallest absolute Gasteiger partial charge is 0.127 e. The van der Waals surface area contributed by atoms with Gasteiger partial charge in [0.05, 0.1) is 6.04 Å². The van der Waals surface area contributed by atoms with Crippen molar-refractivity contribution in [3.05, 3.63) is 53.7 Å². The molecule has 0 aliphatic rings. The van der Waals surface area contributed by atoms with Gasteiger partial charge >= 0.3 is 0 Å². The first kappa shape index (κ1) is 13.6. The van der Waals surface area contributed by atoms with Crippen molar-refractivity contribution in [1.29, 1.82) is 0 Å². The van der Waals surface area contributed by atoms with Crippen molar-refractivity contribution in [2.24, 2.45) is 5.73 Å². The lowest BCUT2D eigenvalue weighted by molar-refractivity contribution is 0.435. The molecule has 0 radical (unpaired) electrons. The highest BCUT2D eigenvalue weighted by atomic mass is 19.1. The molecule has 19 heavy (non-hydrogen) atoms. The summed E-state index contributed by atoms with van der Waals surface area (Å²) in [6, 6.07) is 10.3. The van der Waals surface area contributed by atoms with Gasteiger partial charge in [0.15, 0.2) is 0 Å². The average Bonchev–Trinajstić information content (AvgIpc) is 2.83. The molecule has 3 nitrogen and oxygen atoms in total. The Morgan fingerprint density at radius 3 is 2.37 bits per heavy atom. The quantitative estimate of drug-likeness (QED) is 0.899. The summed E-state index contributed by atoms with van der Waals surface area (Å²) in [5.41, 5.74) is 6.82.